The Bertz CT molecular complexity index is 545. The largest absolute Gasteiger partial charge is 0.377 e. The minimum Gasteiger partial charge on any atom is -0.377 e. The Labute approximate surface area is 136 Å². The summed E-state index contributed by atoms with van der Waals surface area (Å²) in [6, 6.07) is 6.12. The molecule has 2 fully saturated rings. The summed E-state index contributed by atoms with van der Waals surface area (Å²) in [6.45, 7) is 5.16. The van der Waals surface area contributed by atoms with Gasteiger partial charge in [0, 0.05) is 45.4 Å². The second kappa shape index (κ2) is 7.70. The van der Waals surface area contributed by atoms with Crippen LogP contribution >= 0.6 is 0 Å². The molecule has 1 atom stereocenters. The fourth-order valence-electron chi connectivity index (χ4n) is 3.07. The third kappa shape index (κ3) is 4.62. The third-order valence-electron chi connectivity index (χ3n) is 4.46. The molecule has 0 radical (unpaired) electrons. The molecule has 2 saturated heterocycles. The van der Waals surface area contributed by atoms with Crippen molar-refractivity contribution < 1.29 is 13.9 Å². The molecular weight excluding hydrogens is 295 g/mol. The van der Waals surface area contributed by atoms with E-state index >= 15 is 0 Å². The Morgan fingerprint density at radius 3 is 2.61 bits per heavy atom. The van der Waals surface area contributed by atoms with Gasteiger partial charge in [-0.15, -0.1) is 0 Å². The molecule has 1 aromatic rings. The highest BCUT2D eigenvalue weighted by molar-refractivity contribution is 5.91. The second-order valence-corrected chi connectivity index (χ2v) is 6.15. The van der Waals surface area contributed by atoms with Crippen LogP contribution in [0.25, 0.3) is 6.08 Å². The molecule has 4 nitrogen and oxygen atoms in total. The van der Waals surface area contributed by atoms with Crippen molar-refractivity contribution in [3.8, 4) is 0 Å². The molecule has 124 valence electrons. The lowest BCUT2D eigenvalue weighted by molar-refractivity contribution is -0.127. The highest BCUT2D eigenvalue weighted by atomic mass is 19.1. The van der Waals surface area contributed by atoms with Crippen LogP contribution in [0.3, 0.4) is 0 Å². The van der Waals surface area contributed by atoms with E-state index in [-0.39, 0.29) is 11.7 Å². The maximum Gasteiger partial charge on any atom is 0.246 e. The fourth-order valence-corrected chi connectivity index (χ4v) is 3.07. The maximum absolute atomic E-state index is 12.8. The number of nitrogens with zero attached hydrogens (tertiary/aromatic N) is 2. The molecule has 0 aromatic heterocycles. The Kier molecular flexibility index (Phi) is 5.41. The van der Waals surface area contributed by atoms with Crippen LogP contribution in [0.5, 0.6) is 0 Å². The van der Waals surface area contributed by atoms with Gasteiger partial charge in [-0.05, 0) is 36.6 Å². The summed E-state index contributed by atoms with van der Waals surface area (Å²) in [6.07, 6.45) is 6.00. The van der Waals surface area contributed by atoms with Crippen LogP contribution in [0, 0.1) is 5.82 Å². The Morgan fingerprint density at radius 2 is 1.96 bits per heavy atom. The van der Waals surface area contributed by atoms with E-state index in [0.29, 0.717) is 6.10 Å². The number of ether oxygens (including phenoxy) is 1. The zero-order chi connectivity index (χ0) is 16.1. The average molecular weight is 318 g/mol. The predicted octanol–water partition coefficient (Wildman–Crippen LogP) is 2.16. The first-order chi connectivity index (χ1) is 11.2. The molecule has 0 bridgehead atoms. The van der Waals surface area contributed by atoms with E-state index in [0.717, 1.165) is 57.7 Å². The fraction of sp³-hybridized carbons (Fsp3) is 0.500. The molecule has 3 rings (SSSR count). The van der Waals surface area contributed by atoms with Gasteiger partial charge in [-0.2, -0.15) is 0 Å². The number of carbonyl (C=O) groups is 1. The van der Waals surface area contributed by atoms with Gasteiger partial charge >= 0.3 is 0 Å². The van der Waals surface area contributed by atoms with Crippen molar-refractivity contribution in [2.75, 3.05) is 39.3 Å². The molecule has 1 aromatic carbocycles. The van der Waals surface area contributed by atoms with Crippen LogP contribution in [-0.2, 0) is 9.53 Å². The molecule has 0 aliphatic carbocycles. The number of amides is 1. The molecule has 1 amide bonds. The number of rotatable bonds is 4. The lowest BCUT2D eigenvalue weighted by atomic mass is 10.2. The minimum absolute atomic E-state index is 0.0195. The van der Waals surface area contributed by atoms with Crippen LogP contribution in [0.1, 0.15) is 18.4 Å². The number of carbonyl (C=O) groups excluding carboxylic acids is 1. The van der Waals surface area contributed by atoms with Crippen LogP contribution in [0.2, 0.25) is 0 Å². The first-order valence-corrected chi connectivity index (χ1v) is 8.27. The number of halogens is 1. The maximum atomic E-state index is 12.8. The van der Waals surface area contributed by atoms with Crippen LogP contribution in [-0.4, -0.2) is 61.1 Å². The van der Waals surface area contributed by atoms with E-state index in [1.807, 2.05) is 4.90 Å². The van der Waals surface area contributed by atoms with Crippen LogP contribution in [0.4, 0.5) is 4.39 Å². The van der Waals surface area contributed by atoms with Crippen molar-refractivity contribution in [3.05, 3.63) is 41.7 Å². The van der Waals surface area contributed by atoms with Crippen molar-refractivity contribution in [1.82, 2.24) is 9.80 Å². The van der Waals surface area contributed by atoms with E-state index in [4.69, 9.17) is 4.74 Å². The van der Waals surface area contributed by atoms with Crippen molar-refractivity contribution >= 4 is 12.0 Å². The molecule has 0 saturated carbocycles. The Hall–Kier alpha value is -1.72. The van der Waals surface area contributed by atoms with E-state index in [1.165, 1.54) is 12.1 Å². The monoisotopic (exact) mass is 318 g/mol. The summed E-state index contributed by atoms with van der Waals surface area (Å²) in [7, 11) is 0. The van der Waals surface area contributed by atoms with Gasteiger partial charge in [0.05, 0.1) is 6.10 Å². The van der Waals surface area contributed by atoms with E-state index in [1.54, 1.807) is 24.3 Å². The summed E-state index contributed by atoms with van der Waals surface area (Å²) in [4.78, 5) is 16.5. The SMILES string of the molecule is O=C(C=Cc1ccc(F)cc1)N1CCN(CC2CCCO2)CC1. The minimum atomic E-state index is -0.268. The molecule has 2 aliphatic heterocycles. The molecule has 23 heavy (non-hydrogen) atoms. The van der Waals surface area contributed by atoms with Crippen molar-refractivity contribution in [3.63, 3.8) is 0 Å². The molecule has 5 heteroatoms. The van der Waals surface area contributed by atoms with Gasteiger partial charge in [0.1, 0.15) is 5.82 Å². The molecule has 2 aliphatic rings. The van der Waals surface area contributed by atoms with E-state index in [9.17, 15) is 9.18 Å². The molecular formula is C18H23FN2O2. The van der Waals surface area contributed by atoms with Gasteiger partial charge in [-0.1, -0.05) is 12.1 Å². The van der Waals surface area contributed by atoms with E-state index in [2.05, 4.69) is 4.90 Å². The first-order valence-electron chi connectivity index (χ1n) is 8.27. The zero-order valence-electron chi connectivity index (χ0n) is 13.3. The lowest BCUT2D eigenvalue weighted by Crippen LogP contribution is -2.50. The number of hydrogen-bond donors (Lipinski definition) is 0. The van der Waals surface area contributed by atoms with Crippen molar-refractivity contribution in [1.29, 1.82) is 0 Å². The summed E-state index contributed by atoms with van der Waals surface area (Å²) in [5, 5.41) is 0. The summed E-state index contributed by atoms with van der Waals surface area (Å²) < 4.78 is 18.5. The third-order valence-corrected chi connectivity index (χ3v) is 4.46. The van der Waals surface area contributed by atoms with Crippen LogP contribution in [0.15, 0.2) is 30.3 Å². The second-order valence-electron chi connectivity index (χ2n) is 6.15. The quantitative estimate of drug-likeness (QED) is 0.798. The topological polar surface area (TPSA) is 32.8 Å². The van der Waals surface area contributed by atoms with Gasteiger partial charge in [-0.25, -0.2) is 4.39 Å². The molecule has 2 heterocycles. The van der Waals surface area contributed by atoms with E-state index < -0.39 is 0 Å². The van der Waals surface area contributed by atoms with Gasteiger partial charge in [0.25, 0.3) is 0 Å². The summed E-state index contributed by atoms with van der Waals surface area (Å²) in [5.74, 6) is -0.248. The van der Waals surface area contributed by atoms with Gasteiger partial charge in [0.15, 0.2) is 0 Å². The van der Waals surface area contributed by atoms with Gasteiger partial charge in [-0.3, -0.25) is 9.69 Å². The lowest BCUT2D eigenvalue weighted by Gasteiger charge is -2.35. The van der Waals surface area contributed by atoms with Crippen molar-refractivity contribution in [2.45, 2.75) is 18.9 Å². The highest BCUT2D eigenvalue weighted by Gasteiger charge is 2.23. The smallest absolute Gasteiger partial charge is 0.246 e. The van der Waals surface area contributed by atoms with Gasteiger partial charge in [0.2, 0.25) is 5.91 Å². The first kappa shape index (κ1) is 16.1. The van der Waals surface area contributed by atoms with Crippen LogP contribution < -0.4 is 0 Å². The number of piperazine rings is 1. The Morgan fingerprint density at radius 1 is 1.22 bits per heavy atom. The molecule has 1 unspecified atom stereocenters. The van der Waals surface area contributed by atoms with Gasteiger partial charge < -0.3 is 9.64 Å². The number of benzene rings is 1. The highest BCUT2D eigenvalue weighted by Crippen LogP contribution is 2.14. The Balaban J connectivity index is 1.45. The van der Waals surface area contributed by atoms with Crippen molar-refractivity contribution in [2.24, 2.45) is 0 Å². The zero-order valence-corrected chi connectivity index (χ0v) is 13.3. The molecule has 0 N–H and O–H groups in total. The standard InChI is InChI=1S/C18H23FN2O2/c19-16-6-3-15(4-7-16)5-8-18(22)21-11-9-20(10-12-21)14-17-2-1-13-23-17/h3-8,17H,1-2,9-14H2. The average Bonchev–Trinajstić information content (AvgIpc) is 3.08. The summed E-state index contributed by atoms with van der Waals surface area (Å²) >= 11 is 0. The summed E-state index contributed by atoms with van der Waals surface area (Å²) in [5.41, 5.74) is 0.830. The number of hydrogen-bond acceptors (Lipinski definition) is 3. The molecule has 0 spiro atoms. The predicted molar refractivity (Wildman–Crippen MR) is 87.4 cm³/mol. The normalized spacial score (nSPS) is 22.8.